The van der Waals surface area contributed by atoms with E-state index in [-0.39, 0.29) is 5.95 Å². The molecule has 0 atom stereocenters. The number of aromatic nitrogens is 3. The molecule has 2 heterocycles. The van der Waals surface area contributed by atoms with Gasteiger partial charge in [0.25, 0.3) is 0 Å². The van der Waals surface area contributed by atoms with Crippen molar-refractivity contribution in [2.45, 2.75) is 0 Å². The fourth-order valence-corrected chi connectivity index (χ4v) is 1.33. The molecule has 0 unspecified atom stereocenters. The first-order valence-corrected chi connectivity index (χ1v) is 4.51. The van der Waals surface area contributed by atoms with Crippen molar-refractivity contribution in [2.75, 3.05) is 12.8 Å². The molecule has 0 aliphatic carbocycles. The molecule has 0 spiro atoms. The second-order valence-corrected chi connectivity index (χ2v) is 3.00. The summed E-state index contributed by atoms with van der Waals surface area (Å²) < 4.78 is 6.59. The molecule has 6 heteroatoms. The third kappa shape index (κ3) is 1.66. The molecule has 0 fully saturated rings. The number of nitrogens with zero attached hydrogens (tertiary/aromatic N) is 4. The standard InChI is InChI=1S/C10H9N5O/c1-16-9-5-8(13-10(12)14-9)15-4-2-3-7(15)6-11/h2-5H,1H3,(H2,12,13,14). The zero-order valence-electron chi connectivity index (χ0n) is 8.58. The molecule has 0 aliphatic rings. The Morgan fingerprint density at radius 1 is 1.50 bits per heavy atom. The van der Waals surface area contributed by atoms with Crippen molar-refractivity contribution in [1.82, 2.24) is 14.5 Å². The molecule has 0 saturated carbocycles. The average Bonchev–Trinajstić information content (AvgIpc) is 2.76. The predicted molar refractivity (Wildman–Crippen MR) is 57.0 cm³/mol. The molecule has 80 valence electrons. The molecule has 6 nitrogen and oxygen atoms in total. The minimum atomic E-state index is 0.104. The number of nitrogens with two attached hydrogens (primary N) is 1. The van der Waals surface area contributed by atoms with E-state index < -0.39 is 0 Å². The van der Waals surface area contributed by atoms with Crippen LogP contribution in [0.25, 0.3) is 5.82 Å². The zero-order valence-corrected chi connectivity index (χ0v) is 8.58. The van der Waals surface area contributed by atoms with Gasteiger partial charge in [0.2, 0.25) is 11.8 Å². The maximum atomic E-state index is 8.89. The Hall–Kier alpha value is -2.55. The minimum Gasteiger partial charge on any atom is -0.481 e. The Kier molecular flexibility index (Phi) is 2.44. The van der Waals surface area contributed by atoms with E-state index in [4.69, 9.17) is 15.7 Å². The fourth-order valence-electron chi connectivity index (χ4n) is 1.33. The molecular weight excluding hydrogens is 206 g/mol. The molecule has 2 rings (SSSR count). The normalized spacial score (nSPS) is 9.75. The summed E-state index contributed by atoms with van der Waals surface area (Å²) in [6.07, 6.45) is 1.72. The Bertz CT molecular complexity index is 555. The molecule has 2 aromatic heterocycles. The van der Waals surface area contributed by atoms with Gasteiger partial charge in [-0.3, -0.25) is 4.57 Å². The van der Waals surface area contributed by atoms with Crippen molar-refractivity contribution in [3.8, 4) is 17.8 Å². The number of hydrogen-bond donors (Lipinski definition) is 1. The van der Waals surface area contributed by atoms with Crippen LogP contribution in [-0.2, 0) is 0 Å². The van der Waals surface area contributed by atoms with Gasteiger partial charge in [0.05, 0.1) is 7.11 Å². The van der Waals surface area contributed by atoms with Crippen molar-refractivity contribution in [2.24, 2.45) is 0 Å². The summed E-state index contributed by atoms with van der Waals surface area (Å²) in [7, 11) is 1.49. The number of nitrogen functional groups attached to an aromatic ring is 1. The molecule has 2 N–H and O–H groups in total. The lowest BCUT2D eigenvalue weighted by atomic mass is 10.4. The second-order valence-electron chi connectivity index (χ2n) is 3.00. The lowest BCUT2D eigenvalue weighted by Gasteiger charge is -2.06. The van der Waals surface area contributed by atoms with Gasteiger partial charge in [-0.25, -0.2) is 0 Å². The Labute approximate surface area is 91.9 Å². The van der Waals surface area contributed by atoms with Gasteiger partial charge in [0.15, 0.2) is 0 Å². The predicted octanol–water partition coefficient (Wildman–Crippen LogP) is 0.730. The van der Waals surface area contributed by atoms with E-state index in [1.165, 1.54) is 7.11 Å². The summed E-state index contributed by atoms with van der Waals surface area (Å²) in [4.78, 5) is 7.90. The Morgan fingerprint density at radius 3 is 3.00 bits per heavy atom. The van der Waals surface area contributed by atoms with Crippen LogP contribution in [-0.4, -0.2) is 21.6 Å². The second kappa shape index (κ2) is 3.90. The lowest BCUT2D eigenvalue weighted by Crippen LogP contribution is -2.04. The first-order chi connectivity index (χ1) is 7.74. The smallest absolute Gasteiger partial charge is 0.225 e. The van der Waals surface area contributed by atoms with Crippen LogP contribution in [0.1, 0.15) is 5.69 Å². The molecule has 0 bridgehead atoms. The van der Waals surface area contributed by atoms with Gasteiger partial charge < -0.3 is 10.5 Å². The number of methoxy groups -OCH3 is 1. The van der Waals surface area contributed by atoms with Gasteiger partial charge in [-0.15, -0.1) is 0 Å². The van der Waals surface area contributed by atoms with E-state index in [0.29, 0.717) is 17.4 Å². The summed E-state index contributed by atoms with van der Waals surface area (Å²) >= 11 is 0. The quantitative estimate of drug-likeness (QED) is 0.797. The number of ether oxygens (including phenoxy) is 1. The Balaban J connectivity index is 2.56. The fraction of sp³-hybridized carbons (Fsp3) is 0.100. The van der Waals surface area contributed by atoms with Gasteiger partial charge in [0, 0.05) is 12.3 Å². The SMILES string of the molecule is COc1cc(-n2cccc2C#N)nc(N)n1. The van der Waals surface area contributed by atoms with Crippen molar-refractivity contribution >= 4 is 5.95 Å². The van der Waals surface area contributed by atoms with Gasteiger partial charge in [-0.1, -0.05) is 0 Å². The maximum absolute atomic E-state index is 8.89. The highest BCUT2D eigenvalue weighted by Crippen LogP contribution is 2.15. The van der Waals surface area contributed by atoms with Crippen LogP contribution in [0.2, 0.25) is 0 Å². The highest BCUT2D eigenvalue weighted by molar-refractivity contribution is 5.39. The van der Waals surface area contributed by atoms with Crippen molar-refractivity contribution in [3.63, 3.8) is 0 Å². The molecule has 0 saturated heterocycles. The average molecular weight is 215 g/mol. The van der Waals surface area contributed by atoms with E-state index in [2.05, 4.69) is 16.0 Å². The van der Waals surface area contributed by atoms with Gasteiger partial charge in [0.1, 0.15) is 17.6 Å². The van der Waals surface area contributed by atoms with Crippen LogP contribution < -0.4 is 10.5 Å². The highest BCUT2D eigenvalue weighted by atomic mass is 16.5. The van der Waals surface area contributed by atoms with E-state index in [0.717, 1.165) is 0 Å². The van der Waals surface area contributed by atoms with Gasteiger partial charge in [-0.05, 0) is 12.1 Å². The third-order valence-electron chi connectivity index (χ3n) is 2.03. The number of anilines is 1. The summed E-state index contributed by atoms with van der Waals surface area (Å²) in [6.45, 7) is 0. The van der Waals surface area contributed by atoms with Crippen LogP contribution in [0.3, 0.4) is 0 Å². The van der Waals surface area contributed by atoms with Crippen LogP contribution >= 0.6 is 0 Å². The van der Waals surface area contributed by atoms with Gasteiger partial charge >= 0.3 is 0 Å². The third-order valence-corrected chi connectivity index (χ3v) is 2.03. The molecule has 2 aromatic rings. The Morgan fingerprint density at radius 2 is 2.31 bits per heavy atom. The van der Waals surface area contributed by atoms with Crippen molar-refractivity contribution in [1.29, 1.82) is 5.26 Å². The first kappa shape index (κ1) is 9.98. The van der Waals surface area contributed by atoms with E-state index in [1.54, 1.807) is 29.0 Å². The summed E-state index contributed by atoms with van der Waals surface area (Å²) in [5.74, 6) is 0.970. The van der Waals surface area contributed by atoms with Crippen LogP contribution in [0.5, 0.6) is 5.88 Å². The van der Waals surface area contributed by atoms with Gasteiger partial charge in [-0.2, -0.15) is 15.2 Å². The molecule has 0 aromatic carbocycles. The monoisotopic (exact) mass is 215 g/mol. The maximum Gasteiger partial charge on any atom is 0.225 e. The number of nitriles is 1. The molecule has 16 heavy (non-hydrogen) atoms. The van der Waals surface area contributed by atoms with E-state index in [9.17, 15) is 0 Å². The topological polar surface area (TPSA) is 89.8 Å². The van der Waals surface area contributed by atoms with E-state index in [1.807, 2.05) is 0 Å². The van der Waals surface area contributed by atoms with Crippen molar-refractivity contribution in [3.05, 3.63) is 30.1 Å². The largest absolute Gasteiger partial charge is 0.481 e. The van der Waals surface area contributed by atoms with Crippen molar-refractivity contribution < 1.29 is 4.74 Å². The summed E-state index contributed by atoms with van der Waals surface area (Å²) in [5, 5.41) is 8.89. The minimum absolute atomic E-state index is 0.104. The summed E-state index contributed by atoms with van der Waals surface area (Å²) in [6, 6.07) is 7.10. The first-order valence-electron chi connectivity index (χ1n) is 4.51. The lowest BCUT2D eigenvalue weighted by molar-refractivity contribution is 0.397. The van der Waals surface area contributed by atoms with Crippen LogP contribution in [0, 0.1) is 11.3 Å². The molecule has 0 amide bonds. The van der Waals surface area contributed by atoms with Crippen LogP contribution in [0.15, 0.2) is 24.4 Å². The molecular formula is C10H9N5O. The summed E-state index contributed by atoms with van der Waals surface area (Å²) in [5.41, 5.74) is 6.01. The highest BCUT2D eigenvalue weighted by Gasteiger charge is 2.07. The van der Waals surface area contributed by atoms with Crippen LogP contribution in [0.4, 0.5) is 5.95 Å². The molecule has 0 aliphatic heterocycles. The zero-order chi connectivity index (χ0) is 11.5. The number of rotatable bonds is 2. The number of hydrogen-bond acceptors (Lipinski definition) is 5. The van der Waals surface area contributed by atoms with E-state index >= 15 is 0 Å². The molecule has 0 radical (unpaired) electrons.